The van der Waals surface area contributed by atoms with Crippen molar-refractivity contribution in [1.82, 2.24) is 0 Å². The van der Waals surface area contributed by atoms with Crippen molar-refractivity contribution in [3.05, 3.63) is 28.2 Å². The maximum atomic E-state index is 11.3. The zero-order chi connectivity index (χ0) is 12.4. The van der Waals surface area contributed by atoms with E-state index in [0.717, 1.165) is 4.90 Å². The minimum absolute atomic E-state index is 0.196. The second kappa shape index (κ2) is 5.10. The van der Waals surface area contributed by atoms with Gasteiger partial charge in [0.15, 0.2) is 0 Å². The fraction of sp³-hybridized carbons (Fsp3) is 0.273. The molecule has 0 aromatic heterocycles. The normalized spacial score (nSPS) is 19.1. The van der Waals surface area contributed by atoms with Crippen LogP contribution in [-0.4, -0.2) is 28.9 Å². The highest BCUT2D eigenvalue weighted by molar-refractivity contribution is 9.10. The Kier molecular flexibility index (Phi) is 3.73. The van der Waals surface area contributed by atoms with Crippen molar-refractivity contribution in [2.24, 2.45) is 0 Å². The van der Waals surface area contributed by atoms with Gasteiger partial charge in [0.25, 0.3) is 0 Å². The fourth-order valence-electron chi connectivity index (χ4n) is 1.49. The summed E-state index contributed by atoms with van der Waals surface area (Å²) in [5.74, 6) is -1.22. The lowest BCUT2D eigenvalue weighted by atomic mass is 10.2. The van der Waals surface area contributed by atoms with Crippen LogP contribution in [0.5, 0.6) is 0 Å². The van der Waals surface area contributed by atoms with Crippen LogP contribution in [0, 0.1) is 0 Å². The van der Waals surface area contributed by atoms with Crippen molar-refractivity contribution in [1.29, 1.82) is 0 Å². The number of carboxylic acids is 1. The summed E-state index contributed by atoms with van der Waals surface area (Å²) >= 11 is 4.51. The summed E-state index contributed by atoms with van der Waals surface area (Å²) in [6.07, 6.45) is 0.669. The van der Waals surface area contributed by atoms with Crippen LogP contribution in [-0.2, 0) is 9.53 Å². The number of hydrogen-bond donors (Lipinski definition) is 1. The second-order valence-electron chi connectivity index (χ2n) is 3.51. The van der Waals surface area contributed by atoms with E-state index in [1.807, 2.05) is 0 Å². The Morgan fingerprint density at radius 1 is 1.53 bits per heavy atom. The Morgan fingerprint density at radius 3 is 2.88 bits per heavy atom. The van der Waals surface area contributed by atoms with Gasteiger partial charge in [-0.05, 0) is 34.1 Å². The van der Waals surface area contributed by atoms with Crippen molar-refractivity contribution in [3.63, 3.8) is 0 Å². The summed E-state index contributed by atoms with van der Waals surface area (Å²) in [6.45, 7) is 0.443. The van der Waals surface area contributed by atoms with E-state index in [4.69, 9.17) is 9.84 Å². The second-order valence-corrected chi connectivity index (χ2v) is 5.64. The maximum Gasteiger partial charge on any atom is 0.336 e. The predicted molar refractivity (Wildman–Crippen MR) is 66.3 cm³/mol. The van der Waals surface area contributed by atoms with Crippen LogP contribution in [0.1, 0.15) is 16.8 Å². The molecule has 0 bridgehead atoms. The smallest absolute Gasteiger partial charge is 0.336 e. The van der Waals surface area contributed by atoms with Crippen molar-refractivity contribution < 1.29 is 19.4 Å². The third-order valence-corrected chi connectivity index (χ3v) is 4.26. The summed E-state index contributed by atoms with van der Waals surface area (Å²) in [6, 6.07) is 5.02. The van der Waals surface area contributed by atoms with Crippen LogP contribution in [0.2, 0.25) is 0 Å². The van der Waals surface area contributed by atoms with Gasteiger partial charge in [-0.2, -0.15) is 0 Å². The SMILES string of the molecule is O=C(O)c1cc(SC2CCOC2=O)ccc1Br. The Balaban J connectivity index is 2.19. The van der Waals surface area contributed by atoms with E-state index >= 15 is 0 Å². The molecule has 1 aromatic carbocycles. The van der Waals surface area contributed by atoms with Gasteiger partial charge >= 0.3 is 11.9 Å². The van der Waals surface area contributed by atoms with Gasteiger partial charge in [0, 0.05) is 15.8 Å². The van der Waals surface area contributed by atoms with E-state index in [0.29, 0.717) is 17.5 Å². The van der Waals surface area contributed by atoms with Gasteiger partial charge in [-0.25, -0.2) is 4.79 Å². The quantitative estimate of drug-likeness (QED) is 0.868. The first-order chi connectivity index (χ1) is 8.08. The maximum absolute atomic E-state index is 11.3. The fourth-order valence-corrected chi connectivity index (χ4v) is 2.95. The highest BCUT2D eigenvalue weighted by atomic mass is 79.9. The van der Waals surface area contributed by atoms with Crippen LogP contribution in [0.4, 0.5) is 0 Å². The molecule has 1 heterocycles. The summed E-state index contributed by atoms with van der Waals surface area (Å²) in [7, 11) is 0. The number of cyclic esters (lactones) is 1. The molecule has 4 nitrogen and oxygen atoms in total. The zero-order valence-electron chi connectivity index (χ0n) is 8.68. The number of carbonyl (C=O) groups is 2. The summed E-state index contributed by atoms with van der Waals surface area (Å²) in [5.41, 5.74) is 0.196. The topological polar surface area (TPSA) is 63.6 Å². The van der Waals surface area contributed by atoms with Crippen molar-refractivity contribution in [2.75, 3.05) is 6.61 Å². The molecule has 1 aliphatic rings. The minimum atomic E-state index is -0.992. The first-order valence-corrected chi connectivity index (χ1v) is 6.61. The Morgan fingerprint density at radius 2 is 2.29 bits per heavy atom. The number of rotatable bonds is 3. The van der Waals surface area contributed by atoms with Crippen LogP contribution in [0.15, 0.2) is 27.6 Å². The van der Waals surface area contributed by atoms with Gasteiger partial charge in [-0.3, -0.25) is 4.79 Å². The molecule has 6 heteroatoms. The highest BCUT2D eigenvalue weighted by Gasteiger charge is 2.27. The third-order valence-electron chi connectivity index (χ3n) is 2.33. The van der Waals surface area contributed by atoms with E-state index in [9.17, 15) is 9.59 Å². The first kappa shape index (κ1) is 12.4. The molecule has 1 fully saturated rings. The van der Waals surface area contributed by atoms with Crippen LogP contribution < -0.4 is 0 Å². The highest BCUT2D eigenvalue weighted by Crippen LogP contribution is 2.31. The molecular formula is C11H9BrO4S. The predicted octanol–water partition coefficient (Wildman–Crippen LogP) is 2.55. The molecule has 0 amide bonds. The Labute approximate surface area is 110 Å². The van der Waals surface area contributed by atoms with Gasteiger partial charge in [0.2, 0.25) is 0 Å². The van der Waals surface area contributed by atoms with E-state index < -0.39 is 5.97 Å². The van der Waals surface area contributed by atoms with E-state index in [1.54, 1.807) is 18.2 Å². The number of carboxylic acid groups (broad SMARTS) is 1. The molecule has 17 heavy (non-hydrogen) atoms. The van der Waals surface area contributed by atoms with Gasteiger partial charge in [0.1, 0.15) is 5.25 Å². The molecular weight excluding hydrogens is 308 g/mol. The van der Waals surface area contributed by atoms with Crippen molar-refractivity contribution in [3.8, 4) is 0 Å². The molecule has 90 valence electrons. The molecule has 1 aromatic rings. The van der Waals surface area contributed by atoms with E-state index in [1.165, 1.54) is 11.8 Å². The molecule has 1 aliphatic heterocycles. The number of ether oxygens (including phenoxy) is 1. The average Bonchev–Trinajstić information content (AvgIpc) is 2.67. The largest absolute Gasteiger partial charge is 0.478 e. The van der Waals surface area contributed by atoms with Crippen molar-refractivity contribution >= 4 is 39.6 Å². The molecule has 0 aliphatic carbocycles. The summed E-state index contributed by atoms with van der Waals surface area (Å²) in [5, 5.41) is 8.75. The number of halogens is 1. The lowest BCUT2D eigenvalue weighted by molar-refractivity contribution is -0.137. The van der Waals surface area contributed by atoms with Gasteiger partial charge in [-0.15, -0.1) is 11.8 Å². The van der Waals surface area contributed by atoms with Gasteiger partial charge < -0.3 is 9.84 Å². The number of carbonyl (C=O) groups excluding carboxylic acids is 1. The number of hydrogen-bond acceptors (Lipinski definition) is 4. The van der Waals surface area contributed by atoms with Crippen LogP contribution >= 0.6 is 27.7 Å². The molecule has 1 unspecified atom stereocenters. The van der Waals surface area contributed by atoms with Gasteiger partial charge in [-0.1, -0.05) is 0 Å². The van der Waals surface area contributed by atoms with Crippen LogP contribution in [0.25, 0.3) is 0 Å². The first-order valence-electron chi connectivity index (χ1n) is 4.94. The molecule has 0 saturated carbocycles. The molecule has 1 saturated heterocycles. The van der Waals surface area contributed by atoms with E-state index in [-0.39, 0.29) is 16.8 Å². The van der Waals surface area contributed by atoms with Gasteiger partial charge in [0.05, 0.1) is 12.2 Å². The summed E-state index contributed by atoms with van der Waals surface area (Å²) < 4.78 is 5.38. The van der Waals surface area contributed by atoms with Crippen molar-refractivity contribution in [2.45, 2.75) is 16.6 Å². The number of esters is 1. The third kappa shape index (κ3) is 2.81. The summed E-state index contributed by atoms with van der Waals surface area (Å²) in [4.78, 5) is 23.0. The molecule has 1 N–H and O–H groups in total. The number of aromatic carboxylic acids is 1. The van der Waals surface area contributed by atoms with Crippen LogP contribution in [0.3, 0.4) is 0 Å². The Hall–Kier alpha value is -1.01. The number of benzene rings is 1. The standard InChI is InChI=1S/C11H9BrO4S/c12-8-2-1-6(5-7(8)10(13)14)17-9-3-4-16-11(9)15/h1-2,5,9H,3-4H2,(H,13,14). The zero-order valence-corrected chi connectivity index (χ0v) is 11.1. The lowest BCUT2D eigenvalue weighted by Gasteiger charge is -2.07. The lowest BCUT2D eigenvalue weighted by Crippen LogP contribution is -2.09. The number of thioether (sulfide) groups is 1. The molecule has 2 rings (SSSR count). The molecule has 0 radical (unpaired) electrons. The van der Waals surface area contributed by atoms with E-state index in [2.05, 4.69) is 15.9 Å². The average molecular weight is 317 g/mol. The molecule has 0 spiro atoms. The molecule has 1 atom stereocenters. The minimum Gasteiger partial charge on any atom is -0.478 e. The Bertz CT molecular complexity index is 475. The monoisotopic (exact) mass is 316 g/mol.